The molecule has 0 aromatic heterocycles. The number of nitrogens with one attached hydrogen (secondary N) is 1. The first-order valence-electron chi connectivity index (χ1n) is 7.21. The summed E-state index contributed by atoms with van der Waals surface area (Å²) in [4.78, 5) is 11.9. The Morgan fingerprint density at radius 3 is 2.68 bits per heavy atom. The lowest BCUT2D eigenvalue weighted by atomic mass is 10.00. The third-order valence-electron chi connectivity index (χ3n) is 3.47. The molecule has 3 nitrogen and oxygen atoms in total. The van der Waals surface area contributed by atoms with Gasteiger partial charge in [0.25, 0.3) is 5.91 Å². The Kier molecular flexibility index (Phi) is 5.15. The van der Waals surface area contributed by atoms with Crippen molar-refractivity contribution in [3.8, 4) is 5.75 Å². The highest BCUT2D eigenvalue weighted by molar-refractivity contribution is 5.78. The fraction of sp³-hybridized carbons (Fsp3) is 0.278. The molecule has 1 amide bonds. The van der Waals surface area contributed by atoms with Crippen molar-refractivity contribution in [1.82, 2.24) is 5.32 Å². The smallest absolute Gasteiger partial charge is 0.258 e. The maximum atomic E-state index is 13.4. The van der Waals surface area contributed by atoms with Gasteiger partial charge < -0.3 is 10.1 Å². The highest BCUT2D eigenvalue weighted by atomic mass is 19.1. The molecule has 0 aliphatic rings. The highest BCUT2D eigenvalue weighted by Crippen LogP contribution is 2.19. The van der Waals surface area contributed by atoms with Crippen LogP contribution in [0.5, 0.6) is 5.75 Å². The molecule has 0 radical (unpaired) electrons. The molecular weight excluding hydrogens is 281 g/mol. The lowest BCUT2D eigenvalue weighted by Gasteiger charge is -2.17. The standard InChI is InChI=1S/C18H20FNO2/c1-12-8-9-13(2)15(10-12)14(3)20-18(21)11-22-17-7-5-4-6-16(17)19/h4-10,14H,11H2,1-3H3,(H,20,21). The van der Waals surface area contributed by atoms with E-state index >= 15 is 0 Å². The minimum Gasteiger partial charge on any atom is -0.481 e. The second-order valence-electron chi connectivity index (χ2n) is 5.37. The van der Waals surface area contributed by atoms with Gasteiger partial charge in [-0.1, -0.05) is 35.9 Å². The second kappa shape index (κ2) is 7.07. The minimum atomic E-state index is -0.474. The van der Waals surface area contributed by atoms with Gasteiger partial charge in [-0.15, -0.1) is 0 Å². The molecule has 2 rings (SSSR count). The lowest BCUT2D eigenvalue weighted by Crippen LogP contribution is -2.31. The van der Waals surface area contributed by atoms with Gasteiger partial charge in [0.2, 0.25) is 0 Å². The molecule has 1 atom stereocenters. The van der Waals surface area contributed by atoms with Crippen molar-refractivity contribution >= 4 is 5.91 Å². The first-order chi connectivity index (χ1) is 10.5. The molecule has 2 aromatic carbocycles. The summed E-state index contributed by atoms with van der Waals surface area (Å²) in [5.41, 5.74) is 3.33. The van der Waals surface area contributed by atoms with Crippen molar-refractivity contribution in [2.75, 3.05) is 6.61 Å². The second-order valence-corrected chi connectivity index (χ2v) is 5.37. The van der Waals surface area contributed by atoms with E-state index in [1.807, 2.05) is 32.9 Å². The van der Waals surface area contributed by atoms with Gasteiger partial charge in [-0.25, -0.2) is 4.39 Å². The Hall–Kier alpha value is -2.36. The quantitative estimate of drug-likeness (QED) is 0.914. The van der Waals surface area contributed by atoms with Crippen LogP contribution >= 0.6 is 0 Å². The van der Waals surface area contributed by atoms with Gasteiger partial charge in [0.15, 0.2) is 18.2 Å². The zero-order valence-electron chi connectivity index (χ0n) is 13.0. The van der Waals surface area contributed by atoms with E-state index in [0.29, 0.717) is 0 Å². The predicted octanol–water partition coefficient (Wildman–Crippen LogP) is 3.70. The highest BCUT2D eigenvalue weighted by Gasteiger charge is 2.13. The fourth-order valence-corrected chi connectivity index (χ4v) is 2.29. The molecular formula is C18H20FNO2. The van der Waals surface area contributed by atoms with Gasteiger partial charge >= 0.3 is 0 Å². The average molecular weight is 301 g/mol. The number of ether oxygens (including phenoxy) is 1. The van der Waals surface area contributed by atoms with Crippen molar-refractivity contribution in [1.29, 1.82) is 0 Å². The van der Waals surface area contributed by atoms with Gasteiger partial charge in [0, 0.05) is 0 Å². The number of aryl methyl sites for hydroxylation is 2. The number of benzene rings is 2. The van der Waals surface area contributed by atoms with Crippen LogP contribution in [0.4, 0.5) is 4.39 Å². The first-order valence-corrected chi connectivity index (χ1v) is 7.21. The lowest BCUT2D eigenvalue weighted by molar-refractivity contribution is -0.123. The summed E-state index contributed by atoms with van der Waals surface area (Å²) in [6.45, 7) is 5.73. The van der Waals surface area contributed by atoms with Crippen LogP contribution in [0.25, 0.3) is 0 Å². The Morgan fingerprint density at radius 1 is 1.23 bits per heavy atom. The zero-order valence-corrected chi connectivity index (χ0v) is 13.0. The number of halogens is 1. The van der Waals surface area contributed by atoms with E-state index in [1.165, 1.54) is 12.1 Å². The number of hydrogen-bond donors (Lipinski definition) is 1. The van der Waals surface area contributed by atoms with E-state index in [4.69, 9.17) is 4.74 Å². The molecule has 0 spiro atoms. The predicted molar refractivity (Wildman–Crippen MR) is 84.4 cm³/mol. The third-order valence-corrected chi connectivity index (χ3v) is 3.47. The molecule has 0 aliphatic carbocycles. The van der Waals surface area contributed by atoms with Crippen LogP contribution in [0.2, 0.25) is 0 Å². The summed E-state index contributed by atoms with van der Waals surface area (Å²) in [6, 6.07) is 12.0. The SMILES string of the molecule is Cc1ccc(C)c(C(C)NC(=O)COc2ccccc2F)c1. The summed E-state index contributed by atoms with van der Waals surface area (Å²) in [6.07, 6.45) is 0. The minimum absolute atomic E-state index is 0.0806. The Labute approximate surface area is 130 Å². The van der Waals surface area contributed by atoms with Crippen molar-refractivity contribution in [2.24, 2.45) is 0 Å². The number of rotatable bonds is 5. The fourth-order valence-electron chi connectivity index (χ4n) is 2.29. The van der Waals surface area contributed by atoms with Gasteiger partial charge in [0.1, 0.15) is 0 Å². The number of para-hydroxylation sites is 1. The summed E-state index contributed by atoms with van der Waals surface area (Å²) < 4.78 is 18.6. The van der Waals surface area contributed by atoms with Gasteiger partial charge in [-0.2, -0.15) is 0 Å². The molecule has 116 valence electrons. The zero-order chi connectivity index (χ0) is 16.1. The molecule has 4 heteroatoms. The van der Waals surface area contributed by atoms with Crippen LogP contribution in [-0.4, -0.2) is 12.5 Å². The van der Waals surface area contributed by atoms with Crippen LogP contribution in [0, 0.1) is 19.7 Å². The van der Waals surface area contributed by atoms with Crippen molar-refractivity contribution in [2.45, 2.75) is 26.8 Å². The van der Waals surface area contributed by atoms with Gasteiger partial charge in [-0.05, 0) is 44.0 Å². The summed E-state index contributed by atoms with van der Waals surface area (Å²) in [7, 11) is 0. The molecule has 2 aromatic rings. The van der Waals surface area contributed by atoms with E-state index < -0.39 is 5.82 Å². The monoisotopic (exact) mass is 301 g/mol. The maximum absolute atomic E-state index is 13.4. The Bertz CT molecular complexity index is 670. The van der Waals surface area contributed by atoms with Crippen molar-refractivity contribution in [3.05, 3.63) is 65.0 Å². The van der Waals surface area contributed by atoms with E-state index in [-0.39, 0.29) is 24.3 Å². The van der Waals surface area contributed by atoms with E-state index in [9.17, 15) is 9.18 Å². The molecule has 1 N–H and O–H groups in total. The molecule has 0 fully saturated rings. The van der Waals surface area contributed by atoms with Crippen molar-refractivity contribution in [3.63, 3.8) is 0 Å². The van der Waals surface area contributed by atoms with Crippen LogP contribution in [0.1, 0.15) is 29.7 Å². The van der Waals surface area contributed by atoms with Crippen LogP contribution < -0.4 is 10.1 Å². The van der Waals surface area contributed by atoms with Gasteiger partial charge in [-0.3, -0.25) is 4.79 Å². The molecule has 0 saturated heterocycles. The topological polar surface area (TPSA) is 38.3 Å². The average Bonchev–Trinajstić information content (AvgIpc) is 2.48. The molecule has 0 saturated carbocycles. The van der Waals surface area contributed by atoms with Crippen LogP contribution in [0.3, 0.4) is 0 Å². The normalized spacial score (nSPS) is 11.8. The summed E-state index contributed by atoms with van der Waals surface area (Å²) >= 11 is 0. The summed E-state index contributed by atoms with van der Waals surface area (Å²) in [5, 5.41) is 2.87. The van der Waals surface area contributed by atoms with E-state index in [0.717, 1.165) is 16.7 Å². The van der Waals surface area contributed by atoms with Crippen LogP contribution in [0.15, 0.2) is 42.5 Å². The van der Waals surface area contributed by atoms with E-state index in [1.54, 1.807) is 12.1 Å². The maximum Gasteiger partial charge on any atom is 0.258 e. The first kappa shape index (κ1) is 16.0. The molecule has 0 bridgehead atoms. The number of amides is 1. The molecule has 1 unspecified atom stereocenters. The number of carbonyl (C=O) groups is 1. The van der Waals surface area contributed by atoms with E-state index in [2.05, 4.69) is 11.4 Å². The largest absolute Gasteiger partial charge is 0.481 e. The third kappa shape index (κ3) is 4.07. The molecule has 0 aliphatic heterocycles. The number of carbonyl (C=O) groups excluding carboxylic acids is 1. The Balaban J connectivity index is 1.94. The number of hydrogen-bond acceptors (Lipinski definition) is 2. The summed E-state index contributed by atoms with van der Waals surface area (Å²) in [5.74, 6) is -0.674. The van der Waals surface area contributed by atoms with Gasteiger partial charge in [0.05, 0.1) is 6.04 Å². The van der Waals surface area contributed by atoms with Crippen molar-refractivity contribution < 1.29 is 13.9 Å². The molecule has 0 heterocycles. The Morgan fingerprint density at radius 2 is 1.95 bits per heavy atom. The molecule has 22 heavy (non-hydrogen) atoms. The van der Waals surface area contributed by atoms with Crippen LogP contribution in [-0.2, 0) is 4.79 Å².